The molecule has 1 fully saturated rings. The highest BCUT2D eigenvalue weighted by molar-refractivity contribution is 6.66. The molecule has 0 bridgehead atoms. The molecule has 0 radical (unpaired) electrons. The van der Waals surface area contributed by atoms with Crippen molar-refractivity contribution in [3.05, 3.63) is 118 Å². The van der Waals surface area contributed by atoms with Crippen LogP contribution in [-0.4, -0.2) is 18.3 Å². The summed E-state index contributed by atoms with van der Waals surface area (Å²) in [7, 11) is -0.452. The largest absolute Gasteiger partial charge is 0.495 e. The van der Waals surface area contributed by atoms with Crippen LogP contribution in [0.4, 0.5) is 0 Å². The van der Waals surface area contributed by atoms with Gasteiger partial charge in [-0.15, -0.1) is 0 Å². The Morgan fingerprint density at radius 1 is 0.800 bits per heavy atom. The number of allylic oxidation sites excluding steroid dienone is 14. The third kappa shape index (κ3) is 3.27. The molecule has 1 saturated heterocycles. The summed E-state index contributed by atoms with van der Waals surface area (Å²) < 4.78 is 19.4. The topological polar surface area (TPSA) is 31.6 Å². The molecule has 0 saturated carbocycles. The van der Waals surface area contributed by atoms with Gasteiger partial charge in [0.1, 0.15) is 11.2 Å². The quantitative estimate of drug-likeness (QED) is 0.324. The Balaban J connectivity index is 1.33. The van der Waals surface area contributed by atoms with Crippen LogP contribution in [0.3, 0.4) is 0 Å². The van der Waals surface area contributed by atoms with Crippen LogP contribution in [-0.2, 0) is 9.31 Å². The van der Waals surface area contributed by atoms with Gasteiger partial charge in [-0.25, -0.2) is 0 Å². The van der Waals surface area contributed by atoms with E-state index < -0.39 is 18.3 Å². The van der Waals surface area contributed by atoms with E-state index in [-0.39, 0.29) is 0 Å². The molecule has 2 unspecified atom stereocenters. The van der Waals surface area contributed by atoms with Gasteiger partial charge in [0.05, 0.1) is 11.2 Å². The SMILES string of the molecule is CCC1=CC2=CC=C3C=CC=C4C=CC(=C1c1ccc5oc6cccc(B7OC(C)(C)C(C)(C)O7)c6c5c1)C2C43. The minimum Gasteiger partial charge on any atom is -0.456 e. The highest BCUT2D eigenvalue weighted by Gasteiger charge is 2.52. The van der Waals surface area contributed by atoms with Gasteiger partial charge in [-0.1, -0.05) is 73.7 Å². The third-order valence-corrected chi connectivity index (χ3v) is 9.90. The van der Waals surface area contributed by atoms with Crippen LogP contribution in [0.15, 0.2) is 117 Å². The molecule has 2 atom stereocenters. The number of hydrogen-bond donors (Lipinski definition) is 0. The van der Waals surface area contributed by atoms with Crippen molar-refractivity contribution in [3.63, 3.8) is 0 Å². The van der Waals surface area contributed by atoms with E-state index in [1.807, 2.05) is 12.1 Å². The predicted octanol–water partition coefficient (Wildman–Crippen LogP) is 8.15. The first-order chi connectivity index (χ1) is 19.3. The molecule has 2 aromatic carbocycles. The lowest BCUT2D eigenvalue weighted by Crippen LogP contribution is -2.41. The van der Waals surface area contributed by atoms with E-state index in [1.54, 1.807) is 0 Å². The summed E-state index contributed by atoms with van der Waals surface area (Å²) in [6.45, 7) is 10.7. The van der Waals surface area contributed by atoms with E-state index in [1.165, 1.54) is 39.0 Å². The molecule has 0 amide bonds. The standard InChI is InChI=1S/C36H33BO3/c1-6-21-19-24-14-13-22-9-7-10-23-15-17-26(33(24)32(22)23)31(21)25-16-18-29-27(20-25)34-28(11-8-12-30(34)38-29)37-39-35(2,3)36(4,5)40-37/h7-20,32-33H,6H2,1-5H3. The molecule has 4 aliphatic carbocycles. The average Bonchev–Trinajstić information content (AvgIpc) is 3.43. The van der Waals surface area contributed by atoms with Gasteiger partial charge >= 0.3 is 7.12 Å². The minimum absolute atomic E-state index is 0.351. The highest BCUT2D eigenvalue weighted by atomic mass is 16.7. The van der Waals surface area contributed by atoms with Gasteiger partial charge in [0.15, 0.2) is 0 Å². The van der Waals surface area contributed by atoms with Crippen molar-refractivity contribution in [1.82, 2.24) is 0 Å². The molecule has 1 aromatic heterocycles. The van der Waals surface area contributed by atoms with Gasteiger partial charge in [0.2, 0.25) is 0 Å². The van der Waals surface area contributed by atoms with Crippen LogP contribution in [0.5, 0.6) is 0 Å². The van der Waals surface area contributed by atoms with Gasteiger partial charge in [-0.2, -0.15) is 0 Å². The van der Waals surface area contributed by atoms with Gasteiger partial charge in [-0.05, 0) is 96.8 Å². The number of furan rings is 1. The van der Waals surface area contributed by atoms with Crippen LogP contribution in [0, 0.1) is 11.8 Å². The Morgan fingerprint density at radius 3 is 2.38 bits per heavy atom. The second-order valence-electron chi connectivity index (χ2n) is 12.6. The van der Waals surface area contributed by atoms with Crippen molar-refractivity contribution in [2.24, 2.45) is 11.8 Å². The van der Waals surface area contributed by atoms with Crippen molar-refractivity contribution >= 4 is 40.1 Å². The number of hydrogen-bond acceptors (Lipinski definition) is 3. The average molecular weight is 524 g/mol. The van der Waals surface area contributed by atoms with Crippen LogP contribution in [0.1, 0.15) is 46.6 Å². The summed E-state index contributed by atoms with van der Waals surface area (Å²) in [5, 5.41) is 2.18. The molecule has 5 aliphatic rings. The third-order valence-electron chi connectivity index (χ3n) is 9.90. The molecule has 3 aromatic rings. The lowest BCUT2D eigenvalue weighted by Gasteiger charge is -2.41. The Kier molecular flexibility index (Phi) is 4.98. The second kappa shape index (κ2) is 8.22. The van der Waals surface area contributed by atoms with E-state index in [0.29, 0.717) is 11.8 Å². The summed E-state index contributed by atoms with van der Waals surface area (Å²) in [4.78, 5) is 0. The number of benzene rings is 2. The molecular weight excluding hydrogens is 491 g/mol. The number of rotatable bonds is 3. The summed E-state index contributed by atoms with van der Waals surface area (Å²) in [5.74, 6) is 0.742. The lowest BCUT2D eigenvalue weighted by atomic mass is 9.62. The summed E-state index contributed by atoms with van der Waals surface area (Å²) >= 11 is 0. The summed E-state index contributed by atoms with van der Waals surface area (Å²) in [6.07, 6.45) is 19.5. The number of fused-ring (bicyclic) bond motifs is 3. The Hall–Kier alpha value is -3.60. The fraction of sp³-hybridized carbons (Fsp3) is 0.278. The van der Waals surface area contributed by atoms with Crippen molar-refractivity contribution in [2.75, 3.05) is 0 Å². The molecule has 3 nitrogen and oxygen atoms in total. The van der Waals surface area contributed by atoms with Crippen LogP contribution in [0.2, 0.25) is 0 Å². The first-order valence-electron chi connectivity index (χ1n) is 14.5. The maximum absolute atomic E-state index is 6.49. The first kappa shape index (κ1) is 24.2. The fourth-order valence-corrected chi connectivity index (χ4v) is 7.15. The van der Waals surface area contributed by atoms with Crippen molar-refractivity contribution in [3.8, 4) is 0 Å². The highest BCUT2D eigenvalue weighted by Crippen LogP contribution is 2.53. The minimum atomic E-state index is -0.452. The Morgan fingerprint density at radius 2 is 1.57 bits per heavy atom. The normalized spacial score (nSPS) is 25.7. The molecule has 2 heterocycles. The van der Waals surface area contributed by atoms with E-state index in [0.717, 1.165) is 33.8 Å². The van der Waals surface area contributed by atoms with Crippen molar-refractivity contribution in [2.45, 2.75) is 52.2 Å². The molecule has 8 rings (SSSR count). The van der Waals surface area contributed by atoms with E-state index in [2.05, 4.69) is 107 Å². The monoisotopic (exact) mass is 524 g/mol. The Bertz CT molecular complexity index is 1830. The molecule has 0 spiro atoms. The van der Waals surface area contributed by atoms with Crippen LogP contribution < -0.4 is 5.46 Å². The summed E-state index contributed by atoms with van der Waals surface area (Å²) in [5.41, 5.74) is 11.6. The zero-order valence-electron chi connectivity index (χ0n) is 23.7. The zero-order chi connectivity index (χ0) is 27.4. The lowest BCUT2D eigenvalue weighted by molar-refractivity contribution is 0.00578. The molecular formula is C36H33BO3. The molecule has 4 heteroatoms. The van der Waals surface area contributed by atoms with Gasteiger partial charge in [0, 0.05) is 22.6 Å². The second-order valence-corrected chi connectivity index (χ2v) is 12.6. The zero-order valence-corrected chi connectivity index (χ0v) is 23.7. The van der Waals surface area contributed by atoms with Gasteiger partial charge in [0.25, 0.3) is 0 Å². The maximum atomic E-state index is 6.49. The summed E-state index contributed by atoms with van der Waals surface area (Å²) in [6, 6.07) is 12.9. The molecule has 1 aliphatic heterocycles. The van der Waals surface area contributed by atoms with Crippen LogP contribution in [0.25, 0.3) is 27.5 Å². The fourth-order valence-electron chi connectivity index (χ4n) is 7.15. The molecule has 198 valence electrons. The molecule has 40 heavy (non-hydrogen) atoms. The van der Waals surface area contributed by atoms with Gasteiger partial charge < -0.3 is 13.7 Å². The van der Waals surface area contributed by atoms with E-state index >= 15 is 0 Å². The van der Waals surface area contributed by atoms with E-state index in [9.17, 15) is 0 Å². The Labute approximate surface area is 236 Å². The van der Waals surface area contributed by atoms with Crippen molar-refractivity contribution in [1.29, 1.82) is 0 Å². The predicted molar refractivity (Wildman–Crippen MR) is 164 cm³/mol. The van der Waals surface area contributed by atoms with Crippen molar-refractivity contribution < 1.29 is 13.7 Å². The van der Waals surface area contributed by atoms with E-state index in [4.69, 9.17) is 13.7 Å². The molecule has 0 N–H and O–H groups in total. The smallest absolute Gasteiger partial charge is 0.456 e. The van der Waals surface area contributed by atoms with Gasteiger partial charge in [-0.3, -0.25) is 0 Å². The van der Waals surface area contributed by atoms with Crippen LogP contribution >= 0.6 is 0 Å². The first-order valence-corrected chi connectivity index (χ1v) is 14.5. The maximum Gasteiger partial charge on any atom is 0.495 e.